The molecule has 0 aliphatic rings. The van der Waals surface area contributed by atoms with Crippen LogP contribution in [0.3, 0.4) is 0 Å². The molecular weight excluding hydrogens is 470 g/mol. The normalized spacial score (nSPS) is 18.9. The maximum atomic E-state index is 12.4. The number of hydrogen-bond donors (Lipinski definition) is 2. The molecule has 1 rings (SSSR count). The fraction of sp³-hybridized carbons (Fsp3) is 0.529. The van der Waals surface area contributed by atoms with Gasteiger partial charge < -0.3 is 10.8 Å². The standard InChI is InChI=1S/C34H51NO3/c1-9-10-14-25(4)32(22-33(35)37)29(8)34(38)27(6)20-23(2)19-26(5)28(7)24(3)17-18-31(36)21-30-15-12-11-13-16-30/h9-19,24-29,32,34,38H,1,20-22H2,2-8H3,(H2,35,37)/b14-10-,18-17-,23-19-. The zero-order valence-electron chi connectivity index (χ0n) is 24.6. The average molecular weight is 522 g/mol. The third-order valence-electron chi connectivity index (χ3n) is 8.12. The fourth-order valence-corrected chi connectivity index (χ4v) is 5.32. The van der Waals surface area contributed by atoms with E-state index in [-0.39, 0.29) is 47.7 Å². The Morgan fingerprint density at radius 2 is 1.55 bits per heavy atom. The molecule has 8 atom stereocenters. The van der Waals surface area contributed by atoms with Gasteiger partial charge in [-0.05, 0) is 66.4 Å². The van der Waals surface area contributed by atoms with E-state index in [4.69, 9.17) is 5.73 Å². The van der Waals surface area contributed by atoms with Crippen molar-refractivity contribution in [2.75, 3.05) is 0 Å². The van der Waals surface area contributed by atoms with Crippen LogP contribution in [0, 0.1) is 41.4 Å². The Balaban J connectivity index is 2.75. The van der Waals surface area contributed by atoms with Gasteiger partial charge >= 0.3 is 0 Å². The van der Waals surface area contributed by atoms with E-state index in [1.54, 1.807) is 12.2 Å². The Labute approximate surface area is 231 Å². The summed E-state index contributed by atoms with van der Waals surface area (Å²) in [6.07, 6.45) is 12.6. The summed E-state index contributed by atoms with van der Waals surface area (Å²) in [5, 5.41) is 11.2. The van der Waals surface area contributed by atoms with Crippen molar-refractivity contribution < 1.29 is 14.7 Å². The Hall–Kier alpha value is -2.72. The zero-order valence-corrected chi connectivity index (χ0v) is 24.6. The Kier molecular flexibility index (Phi) is 14.9. The van der Waals surface area contributed by atoms with Gasteiger partial charge in [-0.25, -0.2) is 0 Å². The van der Waals surface area contributed by atoms with E-state index < -0.39 is 6.10 Å². The van der Waals surface area contributed by atoms with Gasteiger partial charge in [-0.1, -0.05) is 114 Å². The van der Waals surface area contributed by atoms with E-state index in [0.29, 0.717) is 18.3 Å². The lowest BCUT2D eigenvalue weighted by Crippen LogP contribution is -2.36. The number of carbonyl (C=O) groups is 2. The predicted octanol–water partition coefficient (Wildman–Crippen LogP) is 7.10. The Morgan fingerprint density at radius 1 is 0.921 bits per heavy atom. The summed E-state index contributed by atoms with van der Waals surface area (Å²) in [6, 6.07) is 9.82. The van der Waals surface area contributed by atoms with E-state index in [0.717, 1.165) is 12.0 Å². The van der Waals surface area contributed by atoms with Crippen molar-refractivity contribution in [1.82, 2.24) is 0 Å². The minimum Gasteiger partial charge on any atom is -0.393 e. The topological polar surface area (TPSA) is 80.4 Å². The van der Waals surface area contributed by atoms with Crippen LogP contribution in [0.15, 0.2) is 78.9 Å². The van der Waals surface area contributed by atoms with Crippen LogP contribution in [0.4, 0.5) is 0 Å². The highest BCUT2D eigenvalue weighted by Gasteiger charge is 2.32. The van der Waals surface area contributed by atoms with Crippen LogP contribution in [0.5, 0.6) is 0 Å². The molecule has 1 aromatic carbocycles. The molecule has 1 aromatic rings. The van der Waals surface area contributed by atoms with Gasteiger partial charge in [0.25, 0.3) is 0 Å². The first kappa shape index (κ1) is 33.3. The molecule has 210 valence electrons. The van der Waals surface area contributed by atoms with Gasteiger partial charge in [-0.2, -0.15) is 0 Å². The van der Waals surface area contributed by atoms with Crippen LogP contribution in [-0.4, -0.2) is 22.9 Å². The average Bonchev–Trinajstić information content (AvgIpc) is 2.87. The number of nitrogens with two attached hydrogens (primary N) is 1. The number of aliphatic hydroxyl groups excluding tert-OH is 1. The molecule has 8 unspecified atom stereocenters. The summed E-state index contributed by atoms with van der Waals surface area (Å²) in [6.45, 7) is 18.6. The number of hydrogen-bond acceptors (Lipinski definition) is 3. The number of primary amides is 1. The van der Waals surface area contributed by atoms with Crippen LogP contribution in [0.1, 0.15) is 66.9 Å². The molecule has 4 nitrogen and oxygen atoms in total. The summed E-state index contributed by atoms with van der Waals surface area (Å²) in [7, 11) is 0. The number of carbonyl (C=O) groups excluding carboxylic acids is 2. The first-order valence-electron chi connectivity index (χ1n) is 14.0. The molecular formula is C34H51NO3. The molecule has 38 heavy (non-hydrogen) atoms. The summed E-state index contributed by atoms with van der Waals surface area (Å²) in [5.41, 5.74) is 7.81. The van der Waals surface area contributed by atoms with Gasteiger partial charge in [-0.3, -0.25) is 9.59 Å². The Bertz CT molecular complexity index is 961. The smallest absolute Gasteiger partial charge is 0.217 e. The largest absolute Gasteiger partial charge is 0.393 e. The number of amides is 1. The highest BCUT2D eigenvalue weighted by Crippen LogP contribution is 2.33. The van der Waals surface area contributed by atoms with Gasteiger partial charge in [0.15, 0.2) is 5.78 Å². The van der Waals surface area contributed by atoms with E-state index >= 15 is 0 Å². The Morgan fingerprint density at radius 3 is 2.13 bits per heavy atom. The second kappa shape index (κ2) is 17.0. The van der Waals surface area contributed by atoms with Crippen molar-refractivity contribution in [2.45, 2.75) is 73.8 Å². The fourth-order valence-electron chi connectivity index (χ4n) is 5.32. The van der Waals surface area contributed by atoms with Gasteiger partial charge in [-0.15, -0.1) is 0 Å². The van der Waals surface area contributed by atoms with Crippen LogP contribution in [0.25, 0.3) is 0 Å². The van der Waals surface area contributed by atoms with Crippen LogP contribution in [-0.2, 0) is 16.0 Å². The maximum absolute atomic E-state index is 12.4. The molecule has 0 spiro atoms. The number of rotatable bonds is 17. The molecule has 3 N–H and O–H groups in total. The molecule has 0 saturated heterocycles. The molecule has 0 radical (unpaired) electrons. The van der Waals surface area contributed by atoms with Gasteiger partial charge in [0, 0.05) is 12.8 Å². The molecule has 0 fully saturated rings. The van der Waals surface area contributed by atoms with E-state index in [9.17, 15) is 14.7 Å². The van der Waals surface area contributed by atoms with Crippen molar-refractivity contribution in [3.05, 3.63) is 84.5 Å². The summed E-state index contributed by atoms with van der Waals surface area (Å²) in [4.78, 5) is 24.1. The van der Waals surface area contributed by atoms with Gasteiger partial charge in [0.05, 0.1) is 6.10 Å². The monoisotopic (exact) mass is 521 g/mol. The molecule has 1 amide bonds. The molecule has 0 aliphatic heterocycles. The van der Waals surface area contributed by atoms with Crippen LogP contribution < -0.4 is 5.73 Å². The van der Waals surface area contributed by atoms with Crippen molar-refractivity contribution in [1.29, 1.82) is 0 Å². The van der Waals surface area contributed by atoms with Gasteiger partial charge in [0.1, 0.15) is 0 Å². The highest BCUT2D eigenvalue weighted by molar-refractivity contribution is 5.91. The van der Waals surface area contributed by atoms with E-state index in [1.165, 1.54) is 5.57 Å². The van der Waals surface area contributed by atoms with E-state index in [1.807, 2.05) is 55.5 Å². The molecule has 0 bridgehead atoms. The van der Waals surface area contributed by atoms with Crippen molar-refractivity contribution in [2.24, 2.45) is 47.2 Å². The number of benzene rings is 1. The highest BCUT2D eigenvalue weighted by atomic mass is 16.3. The van der Waals surface area contributed by atoms with Crippen LogP contribution >= 0.6 is 0 Å². The molecule has 0 saturated carbocycles. The second-order valence-electron chi connectivity index (χ2n) is 11.4. The zero-order chi connectivity index (χ0) is 28.8. The molecule has 0 aromatic heterocycles. The second-order valence-corrected chi connectivity index (χ2v) is 11.4. The number of ketones is 1. The number of allylic oxidation sites excluding steroid dienone is 7. The van der Waals surface area contributed by atoms with Crippen molar-refractivity contribution in [3.63, 3.8) is 0 Å². The lowest BCUT2D eigenvalue weighted by atomic mass is 9.74. The van der Waals surface area contributed by atoms with Crippen LogP contribution in [0.2, 0.25) is 0 Å². The minimum atomic E-state index is -0.549. The lowest BCUT2D eigenvalue weighted by molar-refractivity contribution is -0.120. The molecule has 0 aliphatic carbocycles. The predicted molar refractivity (Wildman–Crippen MR) is 160 cm³/mol. The number of aliphatic hydroxyl groups is 1. The molecule has 0 heterocycles. The minimum absolute atomic E-state index is 0.0402. The maximum Gasteiger partial charge on any atom is 0.217 e. The third kappa shape index (κ3) is 11.8. The first-order valence-corrected chi connectivity index (χ1v) is 14.0. The quantitative estimate of drug-likeness (QED) is 0.130. The van der Waals surface area contributed by atoms with Crippen molar-refractivity contribution in [3.8, 4) is 0 Å². The third-order valence-corrected chi connectivity index (χ3v) is 8.12. The molecule has 4 heteroatoms. The van der Waals surface area contributed by atoms with Crippen molar-refractivity contribution >= 4 is 11.7 Å². The summed E-state index contributed by atoms with van der Waals surface area (Å²) in [5.74, 6) is 0.754. The summed E-state index contributed by atoms with van der Waals surface area (Å²) >= 11 is 0. The first-order chi connectivity index (χ1) is 17.9. The van der Waals surface area contributed by atoms with E-state index in [2.05, 4.69) is 54.2 Å². The van der Waals surface area contributed by atoms with Gasteiger partial charge in [0.2, 0.25) is 5.91 Å². The SMILES string of the molecule is C=C/C=C\C(C)C(CC(N)=O)C(C)C(O)C(C)C/C(C)=C\C(C)C(C)C(C)/C=C\C(=O)Cc1ccccc1. The summed E-state index contributed by atoms with van der Waals surface area (Å²) < 4.78 is 0. The lowest BCUT2D eigenvalue weighted by Gasteiger charge is -2.34.